The third kappa shape index (κ3) is 4.85. The molecule has 0 aliphatic heterocycles. The third-order valence-electron chi connectivity index (χ3n) is 5.19. The Balaban J connectivity index is 1.57. The van der Waals surface area contributed by atoms with Gasteiger partial charge in [-0.05, 0) is 37.5 Å². The minimum absolute atomic E-state index is 0.0709. The Bertz CT molecular complexity index is 938. The number of carbonyl (C=O) groups excluding carboxylic acids is 1. The summed E-state index contributed by atoms with van der Waals surface area (Å²) in [5.74, 6) is 0.851. The number of pyridine rings is 1. The molecule has 0 unspecified atom stereocenters. The molecule has 2 heterocycles. The zero-order chi connectivity index (χ0) is 20.1. The van der Waals surface area contributed by atoms with Gasteiger partial charge in [0.1, 0.15) is 0 Å². The predicted molar refractivity (Wildman–Crippen MR) is 115 cm³/mol. The smallest absolute Gasteiger partial charge is 0.233 e. The van der Waals surface area contributed by atoms with E-state index in [4.69, 9.17) is 0 Å². The van der Waals surface area contributed by atoms with Gasteiger partial charge in [-0.2, -0.15) is 0 Å². The normalized spacial score (nSPS) is 15.3. The van der Waals surface area contributed by atoms with E-state index in [1.807, 2.05) is 37.3 Å². The fourth-order valence-electron chi connectivity index (χ4n) is 3.60. The first kappa shape index (κ1) is 19.6. The van der Waals surface area contributed by atoms with Gasteiger partial charge in [-0.1, -0.05) is 54.9 Å². The highest BCUT2D eigenvalue weighted by Gasteiger charge is 2.24. The second-order valence-corrected chi connectivity index (χ2v) is 8.67. The number of nitrogens with zero attached hydrogens (tertiary/aromatic N) is 4. The summed E-state index contributed by atoms with van der Waals surface area (Å²) in [7, 11) is 0. The summed E-state index contributed by atoms with van der Waals surface area (Å²) in [5, 5.41) is 12.5. The highest BCUT2D eigenvalue weighted by Crippen LogP contribution is 2.28. The quantitative estimate of drug-likeness (QED) is 0.601. The van der Waals surface area contributed by atoms with Gasteiger partial charge in [0.25, 0.3) is 0 Å². The van der Waals surface area contributed by atoms with Crippen molar-refractivity contribution in [2.75, 3.05) is 0 Å². The van der Waals surface area contributed by atoms with Crippen LogP contribution in [-0.4, -0.2) is 36.9 Å². The lowest BCUT2D eigenvalue weighted by Gasteiger charge is -2.17. The molecule has 1 aromatic carbocycles. The number of carbonyl (C=O) groups is 1. The number of aromatic nitrogens is 4. The second kappa shape index (κ2) is 9.22. The predicted octanol–water partition coefficient (Wildman–Crippen LogP) is 3.93. The summed E-state index contributed by atoms with van der Waals surface area (Å²) in [4.78, 5) is 16.7. The Morgan fingerprint density at radius 2 is 1.86 bits per heavy atom. The van der Waals surface area contributed by atoms with Crippen LogP contribution in [0.1, 0.15) is 38.2 Å². The van der Waals surface area contributed by atoms with Crippen LogP contribution in [0.25, 0.3) is 11.4 Å². The lowest BCUT2D eigenvalue weighted by atomic mass is 10.2. The van der Waals surface area contributed by atoms with E-state index in [0.29, 0.717) is 12.6 Å². The number of amides is 1. The van der Waals surface area contributed by atoms with Crippen molar-refractivity contribution in [1.82, 2.24) is 25.1 Å². The molecule has 1 atom stereocenters. The van der Waals surface area contributed by atoms with Crippen LogP contribution in [0.2, 0.25) is 0 Å². The van der Waals surface area contributed by atoms with Crippen LogP contribution in [0, 0.1) is 0 Å². The fourth-order valence-corrected chi connectivity index (χ4v) is 4.46. The molecule has 1 fully saturated rings. The summed E-state index contributed by atoms with van der Waals surface area (Å²) in [6.45, 7) is 2.58. The van der Waals surface area contributed by atoms with Gasteiger partial charge in [0.15, 0.2) is 11.0 Å². The molecule has 3 aromatic rings. The summed E-state index contributed by atoms with van der Waals surface area (Å²) in [5.41, 5.74) is 2.12. The zero-order valence-electron chi connectivity index (χ0n) is 16.5. The molecule has 1 saturated carbocycles. The fraction of sp³-hybridized carbons (Fsp3) is 0.364. The first-order valence-corrected chi connectivity index (χ1v) is 10.9. The standard InChI is InChI=1S/C22H25N5OS/c1-16(21(28)24-19-9-5-6-10-19)29-22-26-25-20(18-11-13-23-14-12-18)27(22)15-17-7-3-2-4-8-17/h2-4,7-8,11-14,16,19H,5-6,9-10,15H2,1H3,(H,24,28)/t16-/m1/s1. The molecule has 6 nitrogen and oxygen atoms in total. The average molecular weight is 408 g/mol. The monoisotopic (exact) mass is 407 g/mol. The molecule has 1 aliphatic rings. The number of rotatable bonds is 7. The topological polar surface area (TPSA) is 72.7 Å². The summed E-state index contributed by atoms with van der Waals surface area (Å²) < 4.78 is 2.08. The Labute approximate surface area is 175 Å². The minimum atomic E-state index is -0.236. The molecule has 0 radical (unpaired) electrons. The Kier molecular flexibility index (Phi) is 6.24. The van der Waals surface area contributed by atoms with Crippen LogP contribution in [-0.2, 0) is 11.3 Å². The lowest BCUT2D eigenvalue weighted by Crippen LogP contribution is -2.37. The maximum atomic E-state index is 12.7. The van der Waals surface area contributed by atoms with Crippen molar-refractivity contribution in [2.24, 2.45) is 0 Å². The van der Waals surface area contributed by atoms with Crippen LogP contribution in [0.4, 0.5) is 0 Å². The van der Waals surface area contributed by atoms with E-state index in [2.05, 4.69) is 37.2 Å². The molecule has 4 rings (SSSR count). The van der Waals surface area contributed by atoms with Crippen LogP contribution in [0.3, 0.4) is 0 Å². The van der Waals surface area contributed by atoms with Crippen LogP contribution < -0.4 is 5.32 Å². The molecule has 0 spiro atoms. The maximum Gasteiger partial charge on any atom is 0.233 e. The van der Waals surface area contributed by atoms with Crippen LogP contribution in [0.5, 0.6) is 0 Å². The van der Waals surface area contributed by atoms with Gasteiger partial charge in [0, 0.05) is 24.0 Å². The Morgan fingerprint density at radius 3 is 2.59 bits per heavy atom. The van der Waals surface area contributed by atoms with E-state index < -0.39 is 0 Å². The van der Waals surface area contributed by atoms with Gasteiger partial charge in [-0.15, -0.1) is 10.2 Å². The number of hydrogen-bond acceptors (Lipinski definition) is 5. The van der Waals surface area contributed by atoms with Gasteiger partial charge >= 0.3 is 0 Å². The van der Waals surface area contributed by atoms with E-state index in [0.717, 1.165) is 34.9 Å². The van der Waals surface area contributed by atoms with Crippen LogP contribution in [0.15, 0.2) is 60.0 Å². The molecule has 7 heteroatoms. The molecular formula is C22H25N5OS. The van der Waals surface area contributed by atoms with Crippen molar-refractivity contribution in [1.29, 1.82) is 0 Å². The molecule has 1 N–H and O–H groups in total. The van der Waals surface area contributed by atoms with Crippen molar-refractivity contribution in [3.63, 3.8) is 0 Å². The van der Waals surface area contributed by atoms with E-state index in [1.165, 1.54) is 24.6 Å². The SMILES string of the molecule is C[C@@H](Sc1nnc(-c2ccncc2)n1Cc1ccccc1)C(=O)NC1CCCC1. The minimum Gasteiger partial charge on any atom is -0.352 e. The van der Waals surface area contributed by atoms with Gasteiger partial charge < -0.3 is 5.32 Å². The van der Waals surface area contributed by atoms with Crippen molar-refractivity contribution in [3.05, 3.63) is 60.4 Å². The maximum absolute atomic E-state index is 12.7. The van der Waals surface area contributed by atoms with Crippen LogP contribution >= 0.6 is 11.8 Å². The molecule has 0 bridgehead atoms. The summed E-state index contributed by atoms with van der Waals surface area (Å²) >= 11 is 1.46. The van der Waals surface area contributed by atoms with Gasteiger partial charge in [-0.25, -0.2) is 0 Å². The molecule has 0 saturated heterocycles. The number of benzene rings is 1. The Morgan fingerprint density at radius 1 is 1.14 bits per heavy atom. The second-order valence-electron chi connectivity index (χ2n) is 7.36. The number of nitrogens with one attached hydrogen (secondary N) is 1. The van der Waals surface area contributed by atoms with Crippen molar-refractivity contribution < 1.29 is 4.79 Å². The molecule has 2 aromatic heterocycles. The van der Waals surface area contributed by atoms with Crippen molar-refractivity contribution in [3.8, 4) is 11.4 Å². The van der Waals surface area contributed by atoms with E-state index in [9.17, 15) is 4.79 Å². The summed E-state index contributed by atoms with van der Waals surface area (Å²) in [6.07, 6.45) is 8.07. The molecular weight excluding hydrogens is 382 g/mol. The lowest BCUT2D eigenvalue weighted by molar-refractivity contribution is -0.120. The van der Waals surface area contributed by atoms with E-state index in [1.54, 1.807) is 12.4 Å². The van der Waals surface area contributed by atoms with E-state index >= 15 is 0 Å². The largest absolute Gasteiger partial charge is 0.352 e. The zero-order valence-corrected chi connectivity index (χ0v) is 17.3. The highest BCUT2D eigenvalue weighted by atomic mass is 32.2. The van der Waals surface area contributed by atoms with Crippen molar-refractivity contribution in [2.45, 2.75) is 55.6 Å². The van der Waals surface area contributed by atoms with Gasteiger partial charge in [0.05, 0.1) is 11.8 Å². The molecule has 150 valence electrons. The molecule has 29 heavy (non-hydrogen) atoms. The van der Waals surface area contributed by atoms with Crippen molar-refractivity contribution >= 4 is 17.7 Å². The molecule has 1 aliphatic carbocycles. The average Bonchev–Trinajstić information content (AvgIpc) is 3.40. The van der Waals surface area contributed by atoms with Gasteiger partial charge in [0.2, 0.25) is 5.91 Å². The summed E-state index contributed by atoms with van der Waals surface area (Å²) in [6, 6.07) is 14.4. The Hall–Kier alpha value is -2.67. The molecule has 1 amide bonds. The van der Waals surface area contributed by atoms with E-state index in [-0.39, 0.29) is 11.2 Å². The van der Waals surface area contributed by atoms with Gasteiger partial charge in [-0.3, -0.25) is 14.3 Å². The number of hydrogen-bond donors (Lipinski definition) is 1. The first-order valence-electron chi connectivity index (χ1n) is 10.1. The number of thioether (sulfide) groups is 1. The first-order chi connectivity index (χ1) is 14.2. The highest BCUT2D eigenvalue weighted by molar-refractivity contribution is 8.00. The third-order valence-corrected chi connectivity index (χ3v) is 6.27.